The molecule has 2 aromatic heterocycles. The zero-order valence-electron chi connectivity index (χ0n) is 18.5. The van der Waals surface area contributed by atoms with E-state index in [2.05, 4.69) is 24.1 Å². The second-order valence-corrected chi connectivity index (χ2v) is 9.01. The smallest absolute Gasteiger partial charge is 0.337 e. The van der Waals surface area contributed by atoms with Crippen LogP contribution in [0.25, 0.3) is 21.6 Å². The van der Waals surface area contributed by atoms with E-state index in [-0.39, 0.29) is 17.5 Å². The maximum Gasteiger partial charge on any atom is 0.337 e. The number of carbonyl (C=O) groups excluding carboxylic acids is 1. The average Bonchev–Trinajstić information content (AvgIpc) is 3.20. The van der Waals surface area contributed by atoms with E-state index in [9.17, 15) is 19.5 Å². The Hall–Kier alpha value is -3.78. The third kappa shape index (κ3) is 4.56. The highest BCUT2D eigenvalue weighted by Crippen LogP contribution is 2.26. The summed E-state index contributed by atoms with van der Waals surface area (Å²) in [5.41, 5.74) is 2.75. The van der Waals surface area contributed by atoms with E-state index >= 15 is 0 Å². The number of benzene rings is 2. The first kappa shape index (κ1) is 22.4. The fourth-order valence-electron chi connectivity index (χ4n) is 3.63. The molecule has 33 heavy (non-hydrogen) atoms. The van der Waals surface area contributed by atoms with Gasteiger partial charge in [0.15, 0.2) is 0 Å². The summed E-state index contributed by atoms with van der Waals surface area (Å²) in [5, 5.41) is 13.7. The number of carboxylic acids is 1. The molecule has 4 rings (SSSR count). The number of aromatic nitrogens is 2. The molecule has 2 heterocycles. The average molecular weight is 462 g/mol. The summed E-state index contributed by atoms with van der Waals surface area (Å²) in [6, 6.07) is 15.0. The summed E-state index contributed by atoms with van der Waals surface area (Å²) >= 11 is 1.10. The van der Waals surface area contributed by atoms with Crippen molar-refractivity contribution in [2.45, 2.75) is 33.2 Å². The molecule has 2 N–H and O–H groups in total. The number of amides is 1. The number of nitrogens with zero attached hydrogens (tertiary/aromatic N) is 2. The normalized spacial score (nSPS) is 11.2. The first-order chi connectivity index (χ1) is 15.7. The van der Waals surface area contributed by atoms with Crippen LogP contribution in [-0.4, -0.2) is 26.5 Å². The molecule has 0 aliphatic carbocycles. The number of anilines is 1. The van der Waals surface area contributed by atoms with E-state index in [0.717, 1.165) is 22.5 Å². The third-order valence-electron chi connectivity index (χ3n) is 5.36. The van der Waals surface area contributed by atoms with Crippen LogP contribution in [0.3, 0.4) is 0 Å². The first-order valence-corrected chi connectivity index (χ1v) is 11.3. The number of carboxylic acid groups (broad SMARTS) is 1. The summed E-state index contributed by atoms with van der Waals surface area (Å²) in [6.45, 7) is 5.80. The summed E-state index contributed by atoms with van der Waals surface area (Å²) in [5.74, 6) is -0.918. The van der Waals surface area contributed by atoms with Gasteiger partial charge in [0.05, 0.1) is 10.9 Å². The third-order valence-corrected chi connectivity index (χ3v) is 6.24. The lowest BCUT2D eigenvalue weighted by Crippen LogP contribution is -2.30. The van der Waals surface area contributed by atoms with Crippen LogP contribution in [0.15, 0.2) is 58.7 Å². The Balaban J connectivity index is 1.77. The first-order valence-electron chi connectivity index (χ1n) is 10.5. The topological polar surface area (TPSA) is 101 Å². The second kappa shape index (κ2) is 8.99. The van der Waals surface area contributed by atoms with Gasteiger partial charge in [0.25, 0.3) is 5.56 Å². The van der Waals surface area contributed by atoms with Crippen LogP contribution < -0.4 is 10.9 Å². The minimum absolute atomic E-state index is 0.0120. The fraction of sp³-hybridized carbons (Fsp3) is 0.200. The lowest BCUT2D eigenvalue weighted by molar-refractivity contribution is -0.116. The predicted octanol–water partition coefficient (Wildman–Crippen LogP) is 4.89. The van der Waals surface area contributed by atoms with E-state index in [1.54, 1.807) is 0 Å². The van der Waals surface area contributed by atoms with Gasteiger partial charge in [-0.1, -0.05) is 49.7 Å². The van der Waals surface area contributed by atoms with Crippen LogP contribution >= 0.6 is 11.3 Å². The summed E-state index contributed by atoms with van der Waals surface area (Å²) in [6.07, 6.45) is 0. The van der Waals surface area contributed by atoms with Crippen molar-refractivity contribution in [2.75, 3.05) is 5.32 Å². The molecule has 168 valence electrons. The minimum Gasteiger partial charge on any atom is -0.478 e. The molecule has 0 aliphatic heterocycles. The molecule has 0 radical (unpaired) electrons. The Morgan fingerprint density at radius 1 is 1.15 bits per heavy atom. The Labute approximate surface area is 194 Å². The maximum absolute atomic E-state index is 13.4. The minimum atomic E-state index is -1.20. The van der Waals surface area contributed by atoms with Crippen LogP contribution in [0.5, 0.6) is 0 Å². The fourth-order valence-corrected chi connectivity index (χ4v) is 4.53. The molecule has 2 aromatic carbocycles. The molecule has 0 fully saturated rings. The highest BCUT2D eigenvalue weighted by atomic mass is 32.1. The van der Waals surface area contributed by atoms with Crippen LogP contribution in [0, 0.1) is 6.92 Å². The monoisotopic (exact) mass is 461 g/mol. The second-order valence-electron chi connectivity index (χ2n) is 8.16. The SMILES string of the molecule is Cc1cccc(-c2nc3scc(C(=O)O)c3c(=O)n2CC(=O)Nc2ccc(C(C)C)cc2)c1. The van der Waals surface area contributed by atoms with Crippen molar-refractivity contribution < 1.29 is 14.7 Å². The Bertz CT molecular complexity index is 1420. The van der Waals surface area contributed by atoms with Crippen molar-refractivity contribution >= 4 is 39.1 Å². The molecule has 4 aromatic rings. The Kier molecular flexibility index (Phi) is 6.11. The predicted molar refractivity (Wildman–Crippen MR) is 130 cm³/mol. The molecule has 0 atom stereocenters. The molecule has 7 nitrogen and oxygen atoms in total. The molecular weight excluding hydrogens is 438 g/mol. The van der Waals surface area contributed by atoms with Gasteiger partial charge in [-0.2, -0.15) is 0 Å². The molecule has 8 heteroatoms. The summed E-state index contributed by atoms with van der Waals surface area (Å²) < 4.78 is 1.24. The van der Waals surface area contributed by atoms with Crippen LogP contribution in [0.1, 0.15) is 41.3 Å². The number of fused-ring (bicyclic) bond motifs is 1. The number of aromatic carboxylic acids is 1. The van der Waals surface area contributed by atoms with Crippen LogP contribution in [0.2, 0.25) is 0 Å². The molecular formula is C25H23N3O4S. The van der Waals surface area contributed by atoms with E-state index in [1.807, 2.05) is 55.5 Å². The van der Waals surface area contributed by atoms with Crippen molar-refractivity contribution in [1.29, 1.82) is 0 Å². The summed E-state index contributed by atoms with van der Waals surface area (Å²) in [7, 11) is 0. The standard InChI is InChI=1S/C25H23N3O4S/c1-14(2)16-7-9-18(10-8-16)26-20(29)12-28-22(17-6-4-5-15(3)11-17)27-23-21(24(28)30)19(13-33-23)25(31)32/h4-11,13-14H,12H2,1-3H3,(H,26,29)(H,31,32). The molecule has 0 aliphatic rings. The van der Waals surface area contributed by atoms with Crippen LogP contribution in [-0.2, 0) is 11.3 Å². The largest absolute Gasteiger partial charge is 0.478 e. The van der Waals surface area contributed by atoms with E-state index < -0.39 is 17.4 Å². The highest BCUT2D eigenvalue weighted by molar-refractivity contribution is 7.17. The van der Waals surface area contributed by atoms with Crippen molar-refractivity contribution in [3.05, 3.63) is 81.0 Å². The maximum atomic E-state index is 13.4. The van der Waals surface area contributed by atoms with E-state index in [1.165, 1.54) is 9.95 Å². The highest BCUT2D eigenvalue weighted by Gasteiger charge is 2.21. The zero-order chi connectivity index (χ0) is 23.7. The van der Waals surface area contributed by atoms with E-state index in [4.69, 9.17) is 0 Å². The number of hydrogen-bond acceptors (Lipinski definition) is 5. The molecule has 0 saturated heterocycles. The molecule has 0 unspecified atom stereocenters. The zero-order valence-corrected chi connectivity index (χ0v) is 19.3. The van der Waals surface area contributed by atoms with Crippen molar-refractivity contribution in [1.82, 2.24) is 9.55 Å². The number of carbonyl (C=O) groups is 2. The summed E-state index contributed by atoms with van der Waals surface area (Å²) in [4.78, 5) is 42.8. The van der Waals surface area contributed by atoms with Crippen molar-refractivity contribution in [3.8, 4) is 11.4 Å². The molecule has 0 bridgehead atoms. The van der Waals surface area contributed by atoms with Gasteiger partial charge < -0.3 is 10.4 Å². The van der Waals surface area contributed by atoms with Crippen LogP contribution in [0.4, 0.5) is 5.69 Å². The van der Waals surface area contributed by atoms with Crippen molar-refractivity contribution in [2.24, 2.45) is 0 Å². The van der Waals surface area contributed by atoms with Gasteiger partial charge >= 0.3 is 5.97 Å². The Morgan fingerprint density at radius 2 is 1.88 bits per heavy atom. The number of aryl methyl sites for hydroxylation is 1. The van der Waals surface area contributed by atoms with Gasteiger partial charge in [0.2, 0.25) is 5.91 Å². The van der Waals surface area contributed by atoms with Gasteiger partial charge in [-0.3, -0.25) is 14.2 Å². The number of rotatable bonds is 6. The number of thiophene rings is 1. The Morgan fingerprint density at radius 3 is 2.52 bits per heavy atom. The van der Waals surface area contributed by atoms with Gasteiger partial charge in [0, 0.05) is 16.6 Å². The molecule has 1 amide bonds. The number of nitrogens with one attached hydrogen (secondary N) is 1. The van der Waals surface area contributed by atoms with Crippen molar-refractivity contribution in [3.63, 3.8) is 0 Å². The van der Waals surface area contributed by atoms with Gasteiger partial charge in [0.1, 0.15) is 17.2 Å². The number of hydrogen-bond donors (Lipinski definition) is 2. The quantitative estimate of drug-likeness (QED) is 0.426. The molecule has 0 saturated carbocycles. The van der Waals surface area contributed by atoms with Gasteiger partial charge in [-0.05, 0) is 36.6 Å². The lowest BCUT2D eigenvalue weighted by atomic mass is 10.0. The van der Waals surface area contributed by atoms with Gasteiger partial charge in [-0.25, -0.2) is 9.78 Å². The van der Waals surface area contributed by atoms with E-state index in [0.29, 0.717) is 27.8 Å². The lowest BCUT2D eigenvalue weighted by Gasteiger charge is -2.14. The molecule has 0 spiro atoms. The van der Waals surface area contributed by atoms with Gasteiger partial charge in [-0.15, -0.1) is 11.3 Å².